The third kappa shape index (κ3) is 8.85. The summed E-state index contributed by atoms with van der Waals surface area (Å²) in [6.45, 7) is 17.2. The second-order valence-electron chi connectivity index (χ2n) is 14.0. The number of aliphatic hydroxyl groups is 1. The maximum absolute atomic E-state index is 11.7. The van der Waals surface area contributed by atoms with Gasteiger partial charge in [-0.25, -0.2) is 0 Å². The van der Waals surface area contributed by atoms with E-state index in [2.05, 4.69) is 129 Å². The molecule has 0 atom stereocenters. The van der Waals surface area contributed by atoms with Crippen molar-refractivity contribution < 1.29 is 30.0 Å². The minimum absolute atomic E-state index is 0. The van der Waals surface area contributed by atoms with E-state index in [4.69, 9.17) is 4.98 Å². The number of allylic oxidation sites excluding steroid dienone is 2. The minimum atomic E-state index is 0. The second-order valence-corrected chi connectivity index (χ2v) is 14.9. The van der Waals surface area contributed by atoms with E-state index in [9.17, 15) is 9.90 Å². The molecule has 0 aliphatic heterocycles. The molecule has 0 aliphatic rings. The maximum atomic E-state index is 11.7. The molecule has 52 heavy (non-hydrogen) atoms. The Hall–Kier alpha value is -3.83. The number of thiophene rings is 1. The number of carbonyl (C=O) groups is 1. The van der Waals surface area contributed by atoms with Crippen LogP contribution in [0.25, 0.3) is 49.3 Å². The van der Waals surface area contributed by atoms with Gasteiger partial charge in [0.25, 0.3) is 0 Å². The van der Waals surface area contributed by atoms with Crippen LogP contribution in [0.4, 0.5) is 0 Å². The van der Waals surface area contributed by atoms with Crippen LogP contribution in [0.2, 0.25) is 0 Å². The van der Waals surface area contributed by atoms with Crippen molar-refractivity contribution in [3.05, 3.63) is 119 Å². The summed E-state index contributed by atoms with van der Waals surface area (Å²) < 4.78 is 3.64. The summed E-state index contributed by atoms with van der Waals surface area (Å²) in [4.78, 5) is 16.9. The number of aliphatic hydroxyl groups excluding tert-OH is 1. The topological polar surface area (TPSA) is 55.1 Å². The molecule has 6 heteroatoms. The van der Waals surface area contributed by atoms with Gasteiger partial charge in [-0.15, -0.1) is 11.5 Å². The summed E-state index contributed by atoms with van der Waals surface area (Å²) in [7, 11) is 0. The third-order valence-electron chi connectivity index (χ3n) is 10.0. The Labute approximate surface area is 328 Å². The summed E-state index contributed by atoms with van der Waals surface area (Å²) >= 11 is 1.66. The summed E-state index contributed by atoms with van der Waals surface area (Å²) in [6.07, 6.45) is 4.91. The average molecular weight is 890 g/mol. The Morgan fingerprint density at radius 1 is 0.769 bits per heavy atom. The fourth-order valence-electron chi connectivity index (χ4n) is 6.90. The molecule has 6 rings (SSSR count). The Morgan fingerprint density at radius 2 is 1.33 bits per heavy atom. The number of hydrogen-bond donors (Lipinski definition) is 1. The van der Waals surface area contributed by atoms with Crippen LogP contribution in [0.1, 0.15) is 104 Å². The zero-order valence-corrected chi connectivity index (χ0v) is 35.1. The van der Waals surface area contributed by atoms with Crippen molar-refractivity contribution in [2.75, 3.05) is 0 Å². The molecule has 0 saturated carbocycles. The first-order valence-corrected chi connectivity index (χ1v) is 19.5. The van der Waals surface area contributed by atoms with E-state index in [1.165, 1.54) is 44.1 Å². The largest absolute Gasteiger partial charge is 0.512 e. The first-order chi connectivity index (χ1) is 24.6. The van der Waals surface area contributed by atoms with E-state index in [0.29, 0.717) is 11.8 Å². The number of para-hydroxylation sites is 2. The fourth-order valence-corrected chi connectivity index (χ4v) is 7.74. The first-order valence-electron chi connectivity index (χ1n) is 18.7. The second kappa shape index (κ2) is 18.8. The first kappa shape index (κ1) is 40.9. The Balaban J connectivity index is 0.000000323. The molecule has 0 spiro atoms. The molecule has 1 N–H and O–H groups in total. The molecular formula is C46H53IrN2O2S-. The van der Waals surface area contributed by atoms with Crippen LogP contribution in [0.5, 0.6) is 0 Å². The predicted octanol–water partition coefficient (Wildman–Crippen LogP) is 13.5. The SMILES string of the molecule is CC(C)c1cc(-c2ccccc2)cc(C(C)C)c1-n1c(-c2[c-]sc3ccccc23)nc2ccccc21.CCC(CC)C(=O)/C=C(\O)C(CC)CC.[Ir]. The van der Waals surface area contributed by atoms with Crippen molar-refractivity contribution in [1.82, 2.24) is 9.55 Å². The van der Waals surface area contributed by atoms with Gasteiger partial charge in [0.1, 0.15) is 0 Å². The van der Waals surface area contributed by atoms with Crippen molar-refractivity contribution in [3.63, 3.8) is 0 Å². The van der Waals surface area contributed by atoms with Crippen LogP contribution in [0.15, 0.2) is 103 Å². The number of ketones is 1. The quantitative estimate of drug-likeness (QED) is 0.0757. The van der Waals surface area contributed by atoms with Gasteiger partial charge in [0.05, 0.1) is 22.6 Å². The number of nitrogens with zero attached hydrogens (tertiary/aromatic N) is 2. The van der Waals surface area contributed by atoms with Crippen LogP contribution < -0.4 is 0 Å². The molecule has 0 amide bonds. The molecule has 6 aromatic rings. The van der Waals surface area contributed by atoms with Crippen LogP contribution in [0.3, 0.4) is 0 Å². The van der Waals surface area contributed by atoms with Gasteiger partial charge >= 0.3 is 0 Å². The standard InChI is InChI=1S/C33H29N2S.C13H24O2.Ir/c1-21(2)26-18-24(23-12-6-5-7-13-23)19-27(22(3)4)32(26)35-30-16-10-9-15-29(30)34-33(35)28-20-36-31-17-11-8-14-25(28)31;1-5-10(6-2)12(14)9-13(15)11(7-3)8-4;/h5-19,21-22H,1-4H3;9-11,14H,5-8H2,1-4H3;/q-1;;/b;12-9-;. The van der Waals surface area contributed by atoms with E-state index in [0.717, 1.165) is 48.1 Å². The number of rotatable bonds is 12. The summed E-state index contributed by atoms with van der Waals surface area (Å²) in [5, 5.41) is 14.6. The molecule has 4 nitrogen and oxygen atoms in total. The van der Waals surface area contributed by atoms with Crippen LogP contribution in [0, 0.1) is 17.2 Å². The summed E-state index contributed by atoms with van der Waals surface area (Å²) in [5.74, 6) is 2.20. The van der Waals surface area contributed by atoms with Crippen molar-refractivity contribution in [2.45, 2.75) is 92.9 Å². The number of hydrogen-bond acceptors (Lipinski definition) is 4. The molecular weight excluding hydrogens is 837 g/mol. The molecule has 0 saturated heterocycles. The van der Waals surface area contributed by atoms with Crippen LogP contribution in [-0.4, -0.2) is 20.4 Å². The van der Waals surface area contributed by atoms with Crippen LogP contribution in [-0.2, 0) is 24.9 Å². The number of carbonyl (C=O) groups excluding carboxylic acids is 1. The number of fused-ring (bicyclic) bond motifs is 2. The number of imidazole rings is 1. The van der Waals surface area contributed by atoms with Gasteiger partial charge in [-0.1, -0.05) is 132 Å². The van der Waals surface area contributed by atoms with E-state index in [1.807, 2.05) is 27.7 Å². The molecule has 0 bridgehead atoms. The van der Waals surface area contributed by atoms with Crippen molar-refractivity contribution in [1.29, 1.82) is 0 Å². The van der Waals surface area contributed by atoms with Gasteiger partial charge in [0.15, 0.2) is 5.78 Å². The van der Waals surface area contributed by atoms with Crippen molar-refractivity contribution in [3.8, 4) is 28.2 Å². The van der Waals surface area contributed by atoms with Gasteiger partial charge in [-0.2, -0.15) is 0 Å². The maximum Gasteiger partial charge on any atom is 0.162 e. The van der Waals surface area contributed by atoms with Gasteiger partial charge < -0.3 is 9.67 Å². The zero-order valence-electron chi connectivity index (χ0n) is 31.9. The van der Waals surface area contributed by atoms with Gasteiger partial charge in [-0.05, 0) is 84.0 Å². The Kier molecular flexibility index (Phi) is 14.8. The van der Waals surface area contributed by atoms with Gasteiger partial charge in [0, 0.05) is 43.7 Å². The number of aromatic nitrogens is 2. The average Bonchev–Trinajstić information content (AvgIpc) is 3.74. The van der Waals surface area contributed by atoms with Crippen LogP contribution >= 0.6 is 11.3 Å². The molecule has 0 unspecified atom stereocenters. The minimum Gasteiger partial charge on any atom is -0.512 e. The van der Waals surface area contributed by atoms with E-state index >= 15 is 0 Å². The fraction of sp³-hybridized carbons (Fsp3) is 0.348. The van der Waals surface area contributed by atoms with E-state index < -0.39 is 0 Å². The predicted molar refractivity (Wildman–Crippen MR) is 218 cm³/mol. The van der Waals surface area contributed by atoms with E-state index in [-0.39, 0.29) is 43.5 Å². The molecule has 0 fully saturated rings. The normalized spacial score (nSPS) is 11.8. The smallest absolute Gasteiger partial charge is 0.162 e. The van der Waals surface area contributed by atoms with Gasteiger partial charge in [0.2, 0.25) is 0 Å². The molecule has 2 heterocycles. The summed E-state index contributed by atoms with van der Waals surface area (Å²) in [5.41, 5.74) is 9.66. The van der Waals surface area contributed by atoms with Gasteiger partial charge in [-0.3, -0.25) is 21.1 Å². The third-order valence-corrected chi connectivity index (χ3v) is 10.9. The molecule has 2 aromatic heterocycles. The van der Waals surface area contributed by atoms with E-state index in [1.54, 1.807) is 11.3 Å². The molecule has 4 aromatic carbocycles. The zero-order chi connectivity index (χ0) is 36.7. The molecule has 1 radical (unpaired) electrons. The molecule has 275 valence electrons. The summed E-state index contributed by atoms with van der Waals surface area (Å²) in [6, 6.07) is 32.5. The van der Waals surface area contributed by atoms with Crippen molar-refractivity contribution in [2.24, 2.45) is 11.8 Å². The monoisotopic (exact) mass is 890 g/mol. The number of benzene rings is 4. The Bertz CT molecular complexity index is 2070. The molecule has 0 aliphatic carbocycles. The Morgan fingerprint density at radius 3 is 1.92 bits per heavy atom. The van der Waals surface area contributed by atoms with Crippen molar-refractivity contribution >= 4 is 38.2 Å².